The molecule has 33 heavy (non-hydrogen) atoms. The number of quaternary nitrogens is 1. The van der Waals surface area contributed by atoms with E-state index in [2.05, 4.69) is 31.5 Å². The van der Waals surface area contributed by atoms with Crippen molar-refractivity contribution in [3.63, 3.8) is 0 Å². The highest BCUT2D eigenvalue weighted by molar-refractivity contribution is 6.42. The zero-order chi connectivity index (χ0) is 22.7. The van der Waals surface area contributed by atoms with Crippen molar-refractivity contribution in [2.45, 2.75) is 51.1 Å². The van der Waals surface area contributed by atoms with Crippen LogP contribution < -0.4 is 34.0 Å². The summed E-state index contributed by atoms with van der Waals surface area (Å²) in [6.07, 6.45) is 9.06. The quantitative estimate of drug-likeness (QED) is 0.420. The van der Waals surface area contributed by atoms with Crippen LogP contribution in [0.15, 0.2) is 42.0 Å². The van der Waals surface area contributed by atoms with Crippen LogP contribution in [0.2, 0.25) is 10.0 Å². The Kier molecular flexibility index (Phi) is 9.12. The summed E-state index contributed by atoms with van der Waals surface area (Å²) in [4.78, 5) is 12.9. The first-order chi connectivity index (χ1) is 15.3. The first-order valence-corrected chi connectivity index (χ1v) is 12.1. The van der Waals surface area contributed by atoms with Crippen molar-refractivity contribution in [1.29, 1.82) is 0 Å². The molecule has 1 aliphatic carbocycles. The number of anilines is 1. The van der Waals surface area contributed by atoms with E-state index >= 15 is 0 Å². The van der Waals surface area contributed by atoms with Crippen LogP contribution in [0.1, 0.15) is 49.7 Å². The highest BCUT2D eigenvalue weighted by Crippen LogP contribution is 2.34. The molecule has 1 aliphatic heterocycles. The van der Waals surface area contributed by atoms with Crippen LogP contribution in [0.4, 0.5) is 5.69 Å². The highest BCUT2D eigenvalue weighted by atomic mass is 127. The molecule has 0 aromatic heterocycles. The minimum absolute atomic E-state index is 0. The van der Waals surface area contributed by atoms with Crippen LogP contribution in [0, 0.1) is 0 Å². The smallest absolute Gasteiger partial charge is 0.251 e. The first kappa shape index (κ1) is 26.3. The summed E-state index contributed by atoms with van der Waals surface area (Å²) in [5.74, 6) is 0.517. The van der Waals surface area contributed by atoms with Gasteiger partial charge in [0.2, 0.25) is 0 Å². The number of rotatable bonds is 5. The fraction of sp³-hybridized carbons (Fsp3) is 0.423. The number of nitrogens with one attached hydrogen (secondary N) is 1. The van der Waals surface area contributed by atoms with Gasteiger partial charge in [0.1, 0.15) is 12.3 Å². The molecule has 2 aliphatic rings. The Bertz CT molecular complexity index is 1020. The Balaban J connectivity index is 0.00000306. The molecule has 0 bridgehead atoms. The lowest BCUT2D eigenvalue weighted by atomic mass is 9.92. The number of amides is 1. The van der Waals surface area contributed by atoms with Gasteiger partial charge in [-0.1, -0.05) is 41.8 Å². The molecule has 1 amide bonds. The van der Waals surface area contributed by atoms with Crippen molar-refractivity contribution in [2.24, 2.45) is 0 Å². The van der Waals surface area contributed by atoms with Crippen molar-refractivity contribution >= 4 is 40.9 Å². The SMILES string of the molecule is C[N+](C)(Cc1ccc(NC(=O)C2=Cc3cc(Cl)c(Cl)cc3OCC2)cc1)C1CCCCC1.[I-]. The van der Waals surface area contributed by atoms with E-state index in [1.807, 2.05) is 18.2 Å². The normalized spacial score (nSPS) is 16.5. The Morgan fingerprint density at radius 2 is 1.73 bits per heavy atom. The Morgan fingerprint density at radius 3 is 2.42 bits per heavy atom. The van der Waals surface area contributed by atoms with Crippen LogP contribution in [0.5, 0.6) is 5.75 Å². The van der Waals surface area contributed by atoms with E-state index in [-0.39, 0.29) is 29.9 Å². The number of benzene rings is 2. The average Bonchev–Trinajstić information content (AvgIpc) is 2.98. The van der Waals surface area contributed by atoms with Gasteiger partial charge in [0.15, 0.2) is 0 Å². The number of fused-ring (bicyclic) bond motifs is 1. The molecule has 0 atom stereocenters. The topological polar surface area (TPSA) is 38.3 Å². The second-order valence-electron chi connectivity index (χ2n) is 9.45. The summed E-state index contributed by atoms with van der Waals surface area (Å²) < 4.78 is 6.77. The van der Waals surface area contributed by atoms with Gasteiger partial charge in [0, 0.05) is 34.9 Å². The third-order valence-electron chi connectivity index (χ3n) is 6.67. The molecule has 1 heterocycles. The van der Waals surface area contributed by atoms with Crippen molar-refractivity contribution in [2.75, 3.05) is 26.0 Å². The van der Waals surface area contributed by atoms with Gasteiger partial charge < -0.3 is 38.5 Å². The van der Waals surface area contributed by atoms with Crippen molar-refractivity contribution < 1.29 is 38.0 Å². The number of hydrogen-bond donors (Lipinski definition) is 1. The molecule has 4 nitrogen and oxygen atoms in total. The van der Waals surface area contributed by atoms with Gasteiger partial charge in [0.25, 0.3) is 5.91 Å². The van der Waals surface area contributed by atoms with Gasteiger partial charge >= 0.3 is 0 Å². The van der Waals surface area contributed by atoms with E-state index in [0.717, 1.165) is 28.3 Å². The third kappa shape index (κ3) is 6.65. The molecule has 1 saturated carbocycles. The Morgan fingerprint density at radius 1 is 1.06 bits per heavy atom. The van der Waals surface area contributed by atoms with E-state index in [0.29, 0.717) is 34.4 Å². The van der Waals surface area contributed by atoms with Crippen molar-refractivity contribution in [1.82, 2.24) is 0 Å². The number of nitrogens with zero attached hydrogens (tertiary/aromatic N) is 1. The van der Waals surface area contributed by atoms with Crippen LogP contribution in [0.3, 0.4) is 0 Å². The minimum atomic E-state index is -0.126. The summed E-state index contributed by atoms with van der Waals surface area (Å²) in [7, 11) is 4.67. The number of ether oxygens (including phenoxy) is 1. The lowest BCUT2D eigenvalue weighted by Crippen LogP contribution is -3.00. The van der Waals surface area contributed by atoms with Gasteiger partial charge in [-0.15, -0.1) is 0 Å². The fourth-order valence-corrected chi connectivity index (χ4v) is 5.10. The van der Waals surface area contributed by atoms with Gasteiger partial charge in [-0.2, -0.15) is 0 Å². The maximum absolute atomic E-state index is 12.9. The number of carbonyl (C=O) groups excluding carboxylic acids is 1. The van der Waals surface area contributed by atoms with Crippen LogP contribution >= 0.6 is 23.2 Å². The maximum atomic E-state index is 12.9. The summed E-state index contributed by atoms with van der Waals surface area (Å²) >= 11 is 12.2. The number of hydrogen-bond acceptors (Lipinski definition) is 2. The fourth-order valence-electron chi connectivity index (χ4n) is 4.78. The summed E-state index contributed by atoms with van der Waals surface area (Å²) in [5, 5.41) is 3.91. The standard InChI is InChI=1S/C26H30Cl2N2O2.HI/c1-30(2,22-6-4-3-5-7-22)17-18-8-10-21(11-9-18)29-26(31)19-12-13-32-25-16-24(28)23(27)15-20(25)14-19;/h8-11,14-16,22H,3-7,12-13,17H2,1-2H3;1H. The van der Waals surface area contributed by atoms with E-state index < -0.39 is 0 Å². The molecule has 178 valence electrons. The lowest BCUT2D eigenvalue weighted by Gasteiger charge is -2.40. The lowest BCUT2D eigenvalue weighted by molar-refractivity contribution is -0.929. The van der Waals surface area contributed by atoms with Gasteiger partial charge in [-0.3, -0.25) is 4.79 Å². The molecule has 0 unspecified atom stereocenters. The van der Waals surface area contributed by atoms with Crippen LogP contribution in [0.25, 0.3) is 6.08 Å². The summed E-state index contributed by atoms with van der Waals surface area (Å²) in [6, 6.07) is 12.4. The molecule has 2 aromatic carbocycles. The second-order valence-corrected chi connectivity index (χ2v) is 10.3. The van der Waals surface area contributed by atoms with E-state index in [1.165, 1.54) is 37.7 Å². The van der Waals surface area contributed by atoms with Crippen molar-refractivity contribution in [3.8, 4) is 5.75 Å². The van der Waals surface area contributed by atoms with Gasteiger partial charge in [-0.05, 0) is 50.0 Å². The van der Waals surface area contributed by atoms with Crippen molar-refractivity contribution in [3.05, 3.63) is 63.1 Å². The minimum Gasteiger partial charge on any atom is -1.00 e. The van der Waals surface area contributed by atoms with E-state index in [9.17, 15) is 4.79 Å². The monoisotopic (exact) mass is 600 g/mol. The highest BCUT2D eigenvalue weighted by Gasteiger charge is 2.29. The molecule has 0 radical (unpaired) electrons. The van der Waals surface area contributed by atoms with E-state index in [4.69, 9.17) is 27.9 Å². The summed E-state index contributed by atoms with van der Waals surface area (Å²) in [5.41, 5.74) is 3.50. The van der Waals surface area contributed by atoms with Gasteiger partial charge in [0.05, 0.1) is 36.8 Å². The predicted octanol–water partition coefficient (Wildman–Crippen LogP) is 3.71. The second kappa shape index (κ2) is 11.4. The first-order valence-electron chi connectivity index (χ1n) is 11.4. The molecule has 2 aromatic rings. The third-order valence-corrected chi connectivity index (χ3v) is 7.39. The molecular weight excluding hydrogens is 570 g/mol. The zero-order valence-corrected chi connectivity index (χ0v) is 22.8. The number of carbonyl (C=O) groups is 1. The van der Waals surface area contributed by atoms with Crippen LogP contribution in [-0.2, 0) is 11.3 Å². The predicted molar refractivity (Wildman–Crippen MR) is 132 cm³/mol. The molecule has 0 spiro atoms. The molecule has 1 fully saturated rings. The maximum Gasteiger partial charge on any atom is 0.251 e. The number of halogens is 3. The summed E-state index contributed by atoms with van der Waals surface area (Å²) in [6.45, 7) is 1.42. The Hall–Kier alpha value is -1.28. The zero-order valence-electron chi connectivity index (χ0n) is 19.2. The molecule has 4 rings (SSSR count). The molecule has 7 heteroatoms. The Labute approximate surface area is 223 Å². The van der Waals surface area contributed by atoms with E-state index in [1.54, 1.807) is 12.1 Å². The van der Waals surface area contributed by atoms with Crippen LogP contribution in [-0.4, -0.2) is 37.1 Å². The molecular formula is C26H31Cl2IN2O2. The average molecular weight is 601 g/mol. The molecule has 1 N–H and O–H groups in total. The van der Waals surface area contributed by atoms with Gasteiger partial charge in [-0.25, -0.2) is 0 Å². The largest absolute Gasteiger partial charge is 1.00 e. The molecule has 0 saturated heterocycles.